The summed E-state index contributed by atoms with van der Waals surface area (Å²) in [4.78, 5) is 17.2. The van der Waals surface area contributed by atoms with Crippen LogP contribution in [-0.2, 0) is 4.79 Å². The topological polar surface area (TPSA) is 59.9 Å². The minimum absolute atomic E-state index is 0.189. The van der Waals surface area contributed by atoms with E-state index in [2.05, 4.69) is 26.2 Å². The van der Waals surface area contributed by atoms with Gasteiger partial charge in [0.2, 0.25) is 0 Å². The molecule has 7 heteroatoms. The van der Waals surface area contributed by atoms with Crippen LogP contribution in [0.4, 0.5) is 5.69 Å². The van der Waals surface area contributed by atoms with Crippen molar-refractivity contribution in [3.63, 3.8) is 0 Å². The minimum atomic E-state index is -0.189. The lowest BCUT2D eigenvalue weighted by Gasteiger charge is -2.07. The predicted octanol–water partition coefficient (Wildman–Crippen LogP) is 4.36. The van der Waals surface area contributed by atoms with Crippen molar-refractivity contribution >= 4 is 50.5 Å². The van der Waals surface area contributed by atoms with E-state index in [1.54, 1.807) is 26.4 Å². The second-order valence-corrected chi connectivity index (χ2v) is 7.01. The van der Waals surface area contributed by atoms with Crippen molar-refractivity contribution in [3.8, 4) is 11.5 Å². The maximum absolute atomic E-state index is 12.2. The molecule has 0 aromatic heterocycles. The zero-order valence-corrected chi connectivity index (χ0v) is 16.0. The molecule has 128 valence electrons. The Morgan fingerprint density at radius 3 is 2.56 bits per heavy atom. The highest BCUT2D eigenvalue weighted by molar-refractivity contribution is 9.10. The van der Waals surface area contributed by atoms with Crippen molar-refractivity contribution in [2.45, 2.75) is 0 Å². The molecule has 0 unspecified atom stereocenters. The number of nitrogens with one attached hydrogen (secondary N) is 1. The standard InChI is InChI=1S/C18H15BrN2O3S/c1-23-14-7-8-15(24-2)11(9-14)10-16-17(22)21-18(25-16)20-13-5-3-12(19)4-6-13/h3-10H,1-2H3,(H,20,21,22)/b16-10+. The van der Waals surface area contributed by atoms with Gasteiger partial charge in [0.1, 0.15) is 11.5 Å². The van der Waals surface area contributed by atoms with Gasteiger partial charge in [0.05, 0.1) is 24.8 Å². The molecule has 25 heavy (non-hydrogen) atoms. The van der Waals surface area contributed by atoms with Crippen molar-refractivity contribution in [1.82, 2.24) is 5.32 Å². The van der Waals surface area contributed by atoms with Crippen molar-refractivity contribution < 1.29 is 14.3 Å². The fourth-order valence-electron chi connectivity index (χ4n) is 2.21. The number of amides is 1. The van der Waals surface area contributed by atoms with Gasteiger partial charge in [-0.15, -0.1) is 0 Å². The van der Waals surface area contributed by atoms with Gasteiger partial charge in [0.15, 0.2) is 5.17 Å². The van der Waals surface area contributed by atoms with E-state index in [1.807, 2.05) is 36.4 Å². The average molecular weight is 419 g/mol. The van der Waals surface area contributed by atoms with Crippen LogP contribution in [0.25, 0.3) is 6.08 Å². The Morgan fingerprint density at radius 2 is 1.88 bits per heavy atom. The van der Waals surface area contributed by atoms with Gasteiger partial charge in [-0.05, 0) is 60.3 Å². The van der Waals surface area contributed by atoms with Crippen LogP contribution in [0.15, 0.2) is 56.8 Å². The quantitative estimate of drug-likeness (QED) is 0.749. The van der Waals surface area contributed by atoms with Gasteiger partial charge >= 0.3 is 0 Å². The van der Waals surface area contributed by atoms with Crippen LogP contribution >= 0.6 is 27.7 Å². The molecule has 5 nitrogen and oxygen atoms in total. The Labute approximate surface area is 158 Å². The van der Waals surface area contributed by atoms with Crippen LogP contribution in [-0.4, -0.2) is 25.3 Å². The molecule has 1 aliphatic rings. The SMILES string of the molecule is COc1ccc(OC)c(/C=C2/SC(=Nc3ccc(Br)cc3)NC2=O)c1. The number of rotatable bonds is 4. The number of nitrogens with zero attached hydrogens (tertiary/aromatic N) is 1. The molecule has 1 fully saturated rings. The van der Waals surface area contributed by atoms with Crippen molar-refractivity contribution in [3.05, 3.63) is 57.4 Å². The van der Waals surface area contributed by atoms with E-state index >= 15 is 0 Å². The first-order valence-corrected chi connectivity index (χ1v) is 8.97. The van der Waals surface area contributed by atoms with Crippen LogP contribution in [0.3, 0.4) is 0 Å². The van der Waals surface area contributed by atoms with E-state index in [0.29, 0.717) is 21.6 Å². The minimum Gasteiger partial charge on any atom is -0.497 e. The first kappa shape index (κ1) is 17.6. The number of carbonyl (C=O) groups excluding carboxylic acids is 1. The molecule has 0 aliphatic carbocycles. The fourth-order valence-corrected chi connectivity index (χ4v) is 3.30. The first-order valence-electron chi connectivity index (χ1n) is 7.36. The van der Waals surface area contributed by atoms with E-state index in [-0.39, 0.29) is 5.91 Å². The molecule has 3 rings (SSSR count). The predicted molar refractivity (Wildman–Crippen MR) is 104 cm³/mol. The van der Waals surface area contributed by atoms with Crippen LogP contribution in [0.2, 0.25) is 0 Å². The highest BCUT2D eigenvalue weighted by Crippen LogP contribution is 2.32. The summed E-state index contributed by atoms with van der Waals surface area (Å²) in [6.07, 6.45) is 1.77. The molecule has 1 amide bonds. The molecular weight excluding hydrogens is 404 g/mol. The lowest BCUT2D eigenvalue weighted by Crippen LogP contribution is -2.19. The maximum Gasteiger partial charge on any atom is 0.264 e. The highest BCUT2D eigenvalue weighted by atomic mass is 79.9. The Hall–Kier alpha value is -2.25. The number of benzene rings is 2. The third-order valence-corrected chi connectivity index (χ3v) is 4.87. The Kier molecular flexibility index (Phi) is 5.45. The van der Waals surface area contributed by atoms with E-state index < -0.39 is 0 Å². The third kappa shape index (κ3) is 4.24. The molecule has 0 spiro atoms. The summed E-state index contributed by atoms with van der Waals surface area (Å²) in [5, 5.41) is 3.32. The molecule has 0 bridgehead atoms. The second-order valence-electron chi connectivity index (χ2n) is 5.07. The zero-order valence-electron chi connectivity index (χ0n) is 13.6. The molecule has 1 heterocycles. The highest BCUT2D eigenvalue weighted by Gasteiger charge is 2.24. The molecule has 0 saturated carbocycles. The average Bonchev–Trinajstić information content (AvgIpc) is 2.96. The molecule has 1 N–H and O–H groups in total. The normalized spacial score (nSPS) is 17.0. The summed E-state index contributed by atoms with van der Waals surface area (Å²) in [6.45, 7) is 0. The maximum atomic E-state index is 12.2. The molecule has 2 aromatic carbocycles. The molecule has 2 aromatic rings. The number of carbonyl (C=O) groups is 1. The molecule has 1 saturated heterocycles. The van der Waals surface area contributed by atoms with Crippen LogP contribution in [0.1, 0.15) is 5.56 Å². The van der Waals surface area contributed by atoms with Gasteiger partial charge in [0.25, 0.3) is 5.91 Å². The summed E-state index contributed by atoms with van der Waals surface area (Å²) in [5.41, 5.74) is 1.54. The smallest absolute Gasteiger partial charge is 0.264 e. The number of methoxy groups -OCH3 is 2. The van der Waals surface area contributed by atoms with Crippen LogP contribution < -0.4 is 14.8 Å². The summed E-state index contributed by atoms with van der Waals surface area (Å²) in [7, 11) is 3.19. The lowest BCUT2D eigenvalue weighted by atomic mass is 10.1. The zero-order chi connectivity index (χ0) is 17.8. The Balaban J connectivity index is 1.87. The summed E-state index contributed by atoms with van der Waals surface area (Å²) in [5.74, 6) is 1.17. The summed E-state index contributed by atoms with van der Waals surface area (Å²) >= 11 is 4.67. The Morgan fingerprint density at radius 1 is 1.12 bits per heavy atom. The second kappa shape index (κ2) is 7.76. The number of hydrogen-bond acceptors (Lipinski definition) is 5. The van der Waals surface area contributed by atoms with Crippen molar-refractivity contribution in [1.29, 1.82) is 0 Å². The lowest BCUT2D eigenvalue weighted by molar-refractivity contribution is -0.115. The van der Waals surface area contributed by atoms with Gasteiger partial charge in [-0.3, -0.25) is 4.79 Å². The van der Waals surface area contributed by atoms with Crippen molar-refractivity contribution in [2.75, 3.05) is 14.2 Å². The molecule has 0 atom stereocenters. The number of halogens is 1. The number of ether oxygens (including phenoxy) is 2. The molecule has 1 aliphatic heterocycles. The first-order chi connectivity index (χ1) is 12.1. The van der Waals surface area contributed by atoms with Gasteiger partial charge in [-0.1, -0.05) is 15.9 Å². The largest absolute Gasteiger partial charge is 0.497 e. The van der Waals surface area contributed by atoms with E-state index in [9.17, 15) is 4.79 Å². The van der Waals surface area contributed by atoms with Crippen LogP contribution in [0, 0.1) is 0 Å². The van der Waals surface area contributed by atoms with Gasteiger partial charge in [-0.25, -0.2) is 4.99 Å². The van der Waals surface area contributed by atoms with Crippen LogP contribution in [0.5, 0.6) is 11.5 Å². The number of thioether (sulfide) groups is 1. The van der Waals surface area contributed by atoms with Crippen molar-refractivity contribution in [2.24, 2.45) is 4.99 Å². The van der Waals surface area contributed by atoms with Gasteiger partial charge in [0, 0.05) is 10.0 Å². The van der Waals surface area contributed by atoms with E-state index in [4.69, 9.17) is 9.47 Å². The van der Waals surface area contributed by atoms with Gasteiger partial charge in [-0.2, -0.15) is 0 Å². The van der Waals surface area contributed by atoms with E-state index in [1.165, 1.54) is 11.8 Å². The van der Waals surface area contributed by atoms with E-state index in [0.717, 1.165) is 15.7 Å². The third-order valence-electron chi connectivity index (χ3n) is 3.43. The number of amidine groups is 1. The van der Waals surface area contributed by atoms with Gasteiger partial charge < -0.3 is 14.8 Å². The molecule has 0 radical (unpaired) electrons. The summed E-state index contributed by atoms with van der Waals surface area (Å²) in [6, 6.07) is 13.0. The summed E-state index contributed by atoms with van der Waals surface area (Å²) < 4.78 is 11.6. The molecular formula is C18H15BrN2O3S. The number of aliphatic imine (C=N–C) groups is 1. The fraction of sp³-hybridized carbons (Fsp3) is 0.111. The Bertz CT molecular complexity index is 863. The number of hydrogen-bond donors (Lipinski definition) is 1. The monoisotopic (exact) mass is 418 g/mol.